The van der Waals surface area contributed by atoms with E-state index in [9.17, 15) is 5.26 Å². The first-order valence-electron chi connectivity index (χ1n) is 18.8. The SMILES string of the molecule is CC1(C)c2ccccc2C2(c3ccccc3-c3ccc(-c4ccc(C5=CC(c6ccccc6)NC(c6ccc(C#N)cc6)N5)cc4)cc32)c2ccccc21. The molecule has 0 bridgehead atoms. The molecule has 2 N–H and O–H groups in total. The van der Waals surface area contributed by atoms with Crippen molar-refractivity contribution in [3.63, 3.8) is 0 Å². The maximum atomic E-state index is 9.38. The summed E-state index contributed by atoms with van der Waals surface area (Å²) in [5, 5.41) is 16.9. The highest BCUT2D eigenvalue weighted by Crippen LogP contribution is 2.62. The minimum atomic E-state index is -0.415. The van der Waals surface area contributed by atoms with Crippen LogP contribution in [0.4, 0.5) is 0 Å². The molecule has 10 rings (SSSR count). The lowest BCUT2D eigenvalue weighted by Gasteiger charge is -2.46. The molecule has 1 spiro atoms. The third kappa shape index (κ3) is 4.77. The van der Waals surface area contributed by atoms with Gasteiger partial charge in [-0.1, -0.05) is 166 Å². The lowest BCUT2D eigenvalue weighted by Crippen LogP contribution is -2.40. The molecule has 0 saturated carbocycles. The van der Waals surface area contributed by atoms with E-state index in [0.29, 0.717) is 5.56 Å². The summed E-state index contributed by atoms with van der Waals surface area (Å²) in [6.45, 7) is 4.75. The summed E-state index contributed by atoms with van der Waals surface area (Å²) < 4.78 is 0. The van der Waals surface area contributed by atoms with Gasteiger partial charge in [-0.25, -0.2) is 0 Å². The van der Waals surface area contributed by atoms with Gasteiger partial charge in [0, 0.05) is 11.1 Å². The van der Waals surface area contributed by atoms with Gasteiger partial charge in [0.25, 0.3) is 0 Å². The fourth-order valence-electron chi connectivity index (χ4n) is 9.48. The molecule has 2 aliphatic carbocycles. The number of nitriles is 1. The van der Waals surface area contributed by atoms with Crippen LogP contribution in [0.25, 0.3) is 28.0 Å². The number of nitrogens with zero attached hydrogens (tertiary/aromatic N) is 1. The molecule has 0 fully saturated rings. The summed E-state index contributed by atoms with van der Waals surface area (Å²) in [5.74, 6) is 0. The van der Waals surface area contributed by atoms with Crippen LogP contribution in [0.1, 0.15) is 81.7 Å². The molecule has 3 aliphatic rings. The quantitative estimate of drug-likeness (QED) is 0.193. The van der Waals surface area contributed by atoms with Crippen LogP contribution in [0.2, 0.25) is 0 Å². The van der Waals surface area contributed by atoms with Crippen LogP contribution in [0.15, 0.2) is 176 Å². The van der Waals surface area contributed by atoms with Crippen LogP contribution < -0.4 is 10.6 Å². The van der Waals surface area contributed by atoms with E-state index in [1.807, 2.05) is 24.3 Å². The standard InChI is InChI=1S/C51H39N3/c1-50(2)42-16-8-10-18-44(42)51(45-19-11-9-17-43(45)50)41-15-7-6-14-39(41)40-29-28-38(30-46(40)51)34-24-26-36(27-25-34)48-31-47(35-12-4-3-5-13-35)53-49(54-48)37-22-20-33(32-52)21-23-37/h3-31,47,49,53-54H,1-2H3. The smallest absolute Gasteiger partial charge is 0.104 e. The monoisotopic (exact) mass is 693 g/mol. The highest BCUT2D eigenvalue weighted by molar-refractivity contribution is 5.90. The first-order chi connectivity index (χ1) is 26.5. The number of fused-ring (bicyclic) bond motifs is 9. The Labute approximate surface area is 317 Å². The molecule has 258 valence electrons. The van der Waals surface area contributed by atoms with E-state index in [2.05, 4.69) is 182 Å². The van der Waals surface area contributed by atoms with Gasteiger partial charge in [-0.05, 0) is 96.6 Å². The van der Waals surface area contributed by atoms with E-state index in [0.717, 1.165) is 16.8 Å². The first-order valence-corrected chi connectivity index (χ1v) is 18.8. The number of hydrogen-bond donors (Lipinski definition) is 2. The van der Waals surface area contributed by atoms with Crippen molar-refractivity contribution in [2.24, 2.45) is 0 Å². The number of benzene rings is 7. The average Bonchev–Trinajstić information content (AvgIpc) is 3.53. The molecule has 3 nitrogen and oxygen atoms in total. The van der Waals surface area contributed by atoms with Gasteiger partial charge in [0.2, 0.25) is 0 Å². The minimum Gasteiger partial charge on any atom is -0.366 e. The molecule has 54 heavy (non-hydrogen) atoms. The second-order valence-corrected chi connectivity index (χ2v) is 15.3. The molecule has 0 amide bonds. The van der Waals surface area contributed by atoms with E-state index in [-0.39, 0.29) is 17.6 Å². The van der Waals surface area contributed by atoms with Crippen molar-refractivity contribution in [3.05, 3.63) is 232 Å². The van der Waals surface area contributed by atoms with E-state index in [1.54, 1.807) is 0 Å². The third-order valence-electron chi connectivity index (χ3n) is 12.1. The Bertz CT molecular complexity index is 2590. The molecular weight excluding hydrogens is 655 g/mol. The molecule has 2 atom stereocenters. The lowest BCUT2D eigenvalue weighted by molar-refractivity contribution is 0.442. The maximum Gasteiger partial charge on any atom is 0.104 e. The molecule has 0 radical (unpaired) electrons. The predicted octanol–water partition coefficient (Wildman–Crippen LogP) is 11.2. The molecule has 1 heterocycles. The highest BCUT2D eigenvalue weighted by Gasteiger charge is 2.53. The van der Waals surface area contributed by atoms with Gasteiger partial charge in [0.15, 0.2) is 0 Å². The van der Waals surface area contributed by atoms with Crippen molar-refractivity contribution in [2.45, 2.75) is 36.9 Å². The van der Waals surface area contributed by atoms with E-state index < -0.39 is 5.41 Å². The molecule has 0 saturated heterocycles. The van der Waals surface area contributed by atoms with Crippen LogP contribution in [-0.4, -0.2) is 0 Å². The third-order valence-corrected chi connectivity index (χ3v) is 12.1. The van der Waals surface area contributed by atoms with Crippen molar-refractivity contribution in [3.8, 4) is 28.3 Å². The summed E-state index contributed by atoms with van der Waals surface area (Å²) >= 11 is 0. The predicted molar refractivity (Wildman–Crippen MR) is 219 cm³/mol. The van der Waals surface area contributed by atoms with Crippen LogP contribution in [0.3, 0.4) is 0 Å². The zero-order valence-corrected chi connectivity index (χ0v) is 30.3. The Balaban J connectivity index is 1.07. The normalized spacial score (nSPS) is 18.3. The minimum absolute atomic E-state index is 0.0172. The van der Waals surface area contributed by atoms with Gasteiger partial charge in [-0.15, -0.1) is 0 Å². The van der Waals surface area contributed by atoms with Crippen molar-refractivity contribution in [2.75, 3.05) is 0 Å². The fraction of sp³-hybridized carbons (Fsp3) is 0.118. The van der Waals surface area contributed by atoms with Gasteiger partial charge in [-0.2, -0.15) is 5.26 Å². The van der Waals surface area contributed by atoms with Crippen LogP contribution in [0.5, 0.6) is 0 Å². The zero-order valence-electron chi connectivity index (χ0n) is 30.3. The van der Waals surface area contributed by atoms with E-state index in [4.69, 9.17) is 0 Å². The van der Waals surface area contributed by atoms with Gasteiger partial charge in [-0.3, -0.25) is 5.32 Å². The van der Waals surface area contributed by atoms with Crippen molar-refractivity contribution in [1.82, 2.24) is 10.6 Å². The number of nitrogens with one attached hydrogen (secondary N) is 2. The Kier molecular flexibility index (Phi) is 7.34. The zero-order chi connectivity index (χ0) is 36.4. The molecule has 7 aromatic carbocycles. The average molecular weight is 694 g/mol. The van der Waals surface area contributed by atoms with E-state index in [1.165, 1.54) is 61.2 Å². The van der Waals surface area contributed by atoms with Gasteiger partial charge in [0.05, 0.1) is 23.1 Å². The molecule has 2 unspecified atom stereocenters. The molecule has 7 aromatic rings. The molecule has 3 heteroatoms. The van der Waals surface area contributed by atoms with Gasteiger partial charge >= 0.3 is 0 Å². The summed E-state index contributed by atoms with van der Waals surface area (Å²) in [6.07, 6.45) is 2.16. The summed E-state index contributed by atoms with van der Waals surface area (Å²) in [4.78, 5) is 0. The summed E-state index contributed by atoms with van der Waals surface area (Å²) in [5.41, 5.74) is 17.8. The van der Waals surface area contributed by atoms with Crippen LogP contribution in [-0.2, 0) is 10.8 Å². The molecule has 1 aliphatic heterocycles. The van der Waals surface area contributed by atoms with Crippen LogP contribution in [0, 0.1) is 11.3 Å². The summed E-state index contributed by atoms with van der Waals surface area (Å²) in [7, 11) is 0. The van der Waals surface area contributed by atoms with Gasteiger partial charge < -0.3 is 5.32 Å². The largest absolute Gasteiger partial charge is 0.366 e. The number of rotatable bonds is 4. The van der Waals surface area contributed by atoms with Crippen LogP contribution >= 0.6 is 0 Å². The van der Waals surface area contributed by atoms with E-state index >= 15 is 0 Å². The highest BCUT2D eigenvalue weighted by atomic mass is 15.2. The Morgan fingerprint density at radius 2 is 1.06 bits per heavy atom. The fourth-order valence-corrected chi connectivity index (χ4v) is 9.48. The topological polar surface area (TPSA) is 47.9 Å². The second kappa shape index (κ2) is 12.3. The summed E-state index contributed by atoms with van der Waals surface area (Å²) in [6, 6.07) is 64.0. The first kappa shape index (κ1) is 32.2. The van der Waals surface area contributed by atoms with Gasteiger partial charge in [0.1, 0.15) is 6.17 Å². The Morgan fingerprint density at radius 3 is 1.72 bits per heavy atom. The Hall–Kier alpha value is -6.47. The van der Waals surface area contributed by atoms with Crippen molar-refractivity contribution >= 4 is 5.70 Å². The van der Waals surface area contributed by atoms with Crippen molar-refractivity contribution < 1.29 is 0 Å². The second-order valence-electron chi connectivity index (χ2n) is 15.3. The lowest BCUT2D eigenvalue weighted by atomic mass is 9.55. The van der Waals surface area contributed by atoms with Crippen molar-refractivity contribution in [1.29, 1.82) is 5.26 Å². The molecule has 0 aromatic heterocycles. The Morgan fingerprint density at radius 1 is 0.500 bits per heavy atom. The number of hydrogen-bond acceptors (Lipinski definition) is 3. The maximum absolute atomic E-state index is 9.38. The molecular formula is C51H39N3.